The first kappa shape index (κ1) is 13.8. The van der Waals surface area contributed by atoms with E-state index in [4.69, 9.17) is 21.5 Å². The molecular weight excluding hydrogens is 270 g/mol. The number of ether oxygens (including phenoxy) is 1. The maximum absolute atomic E-state index is 11.5. The smallest absolute Gasteiger partial charge is 0.122 e. The van der Waals surface area contributed by atoms with Gasteiger partial charge in [-0.25, -0.2) is 4.21 Å². The molecule has 100 valence electrons. The van der Waals surface area contributed by atoms with Gasteiger partial charge in [0.25, 0.3) is 0 Å². The van der Waals surface area contributed by atoms with E-state index in [1.165, 1.54) is 0 Å². The molecule has 0 spiro atoms. The third-order valence-corrected chi connectivity index (χ3v) is 4.91. The van der Waals surface area contributed by atoms with Crippen LogP contribution in [0.1, 0.15) is 38.2 Å². The third-order valence-electron chi connectivity index (χ3n) is 3.42. The molecule has 0 aromatic heterocycles. The first-order valence-electron chi connectivity index (χ1n) is 5.99. The molecule has 0 radical (unpaired) electrons. The second kappa shape index (κ2) is 5.19. The van der Waals surface area contributed by atoms with Crippen LogP contribution < -0.4 is 9.88 Å². The van der Waals surface area contributed by atoms with Crippen molar-refractivity contribution in [2.45, 2.75) is 37.4 Å². The molecular formula is C13H18ClNO2S. The Kier molecular flexibility index (Phi) is 3.99. The predicted octanol–water partition coefficient (Wildman–Crippen LogP) is 3.00. The van der Waals surface area contributed by atoms with Gasteiger partial charge in [0.15, 0.2) is 0 Å². The van der Waals surface area contributed by atoms with Crippen LogP contribution >= 0.6 is 11.6 Å². The van der Waals surface area contributed by atoms with E-state index < -0.39 is 15.7 Å². The molecule has 2 unspecified atom stereocenters. The summed E-state index contributed by atoms with van der Waals surface area (Å²) in [6, 6.07) is 5.67. The topological polar surface area (TPSA) is 52.3 Å². The van der Waals surface area contributed by atoms with E-state index >= 15 is 0 Å². The van der Waals surface area contributed by atoms with Crippen LogP contribution in [0.4, 0.5) is 0 Å². The Morgan fingerprint density at radius 3 is 2.94 bits per heavy atom. The fourth-order valence-electron chi connectivity index (χ4n) is 2.32. The Morgan fingerprint density at radius 1 is 1.56 bits per heavy atom. The lowest BCUT2D eigenvalue weighted by atomic mass is 9.86. The van der Waals surface area contributed by atoms with E-state index in [0.29, 0.717) is 17.5 Å². The summed E-state index contributed by atoms with van der Waals surface area (Å²) in [6.45, 7) is 4.55. The Bertz CT molecular complexity index is 476. The zero-order valence-electron chi connectivity index (χ0n) is 10.6. The summed E-state index contributed by atoms with van der Waals surface area (Å²) in [5.74, 6) is 1.18. The minimum absolute atomic E-state index is 0.301. The van der Waals surface area contributed by atoms with E-state index in [1.807, 2.05) is 32.0 Å². The summed E-state index contributed by atoms with van der Waals surface area (Å²) in [4.78, 5) is 0. The molecule has 2 N–H and O–H groups in total. The van der Waals surface area contributed by atoms with Gasteiger partial charge in [-0.15, -0.1) is 0 Å². The van der Waals surface area contributed by atoms with E-state index in [-0.39, 0.29) is 0 Å². The molecule has 18 heavy (non-hydrogen) atoms. The minimum Gasteiger partial charge on any atom is -0.493 e. The lowest BCUT2D eigenvalue weighted by molar-refractivity contribution is 0.258. The normalized spacial score (nSPS) is 21.0. The molecule has 0 aliphatic carbocycles. The van der Waals surface area contributed by atoms with Crippen molar-refractivity contribution in [3.63, 3.8) is 0 Å². The lowest BCUT2D eigenvalue weighted by Crippen LogP contribution is -2.34. The van der Waals surface area contributed by atoms with Gasteiger partial charge in [-0.05, 0) is 56.4 Å². The first-order valence-corrected chi connectivity index (χ1v) is 7.58. The van der Waals surface area contributed by atoms with Crippen molar-refractivity contribution in [3.05, 3.63) is 28.8 Å². The Labute approximate surface area is 115 Å². The minimum atomic E-state index is -1.33. The third kappa shape index (κ3) is 2.87. The van der Waals surface area contributed by atoms with E-state index in [0.717, 1.165) is 24.2 Å². The van der Waals surface area contributed by atoms with E-state index in [1.54, 1.807) is 0 Å². The molecule has 2 rings (SSSR count). The van der Waals surface area contributed by atoms with E-state index in [9.17, 15) is 4.21 Å². The van der Waals surface area contributed by atoms with Crippen molar-refractivity contribution in [2.24, 2.45) is 5.14 Å². The van der Waals surface area contributed by atoms with Gasteiger partial charge in [0.05, 0.1) is 22.3 Å². The second-order valence-electron chi connectivity index (χ2n) is 5.28. The van der Waals surface area contributed by atoms with Crippen molar-refractivity contribution in [3.8, 4) is 5.75 Å². The quantitative estimate of drug-likeness (QED) is 0.929. The number of hydrogen-bond acceptors (Lipinski definition) is 2. The van der Waals surface area contributed by atoms with Gasteiger partial charge in [-0.3, -0.25) is 5.14 Å². The molecule has 1 aliphatic heterocycles. The molecule has 0 saturated heterocycles. The van der Waals surface area contributed by atoms with Gasteiger partial charge in [0, 0.05) is 5.02 Å². The van der Waals surface area contributed by atoms with Gasteiger partial charge in [-0.2, -0.15) is 0 Å². The Hall–Kier alpha value is -0.580. The molecule has 1 aliphatic rings. The Balaban J connectivity index is 2.27. The zero-order chi connectivity index (χ0) is 13.3. The van der Waals surface area contributed by atoms with Crippen LogP contribution in [0.3, 0.4) is 0 Å². The van der Waals surface area contributed by atoms with Crippen molar-refractivity contribution >= 4 is 22.6 Å². The van der Waals surface area contributed by atoms with Crippen molar-refractivity contribution < 1.29 is 8.95 Å². The van der Waals surface area contributed by atoms with Gasteiger partial charge in [0.1, 0.15) is 5.75 Å². The Morgan fingerprint density at radius 2 is 2.28 bits per heavy atom. The maximum atomic E-state index is 11.5. The van der Waals surface area contributed by atoms with Crippen LogP contribution in [-0.4, -0.2) is 15.6 Å². The SMILES string of the molecule is CC(C)(CC1CCOc2ccc(Cl)cc21)S(N)=O. The standard InChI is InChI=1S/C13H18ClNO2S/c1-13(2,18(15)16)8-9-5-6-17-12-4-3-10(14)7-11(9)12/h3-4,7,9H,5-6,8,15H2,1-2H3. The van der Waals surface area contributed by atoms with Crippen molar-refractivity contribution in [2.75, 3.05) is 6.61 Å². The number of halogens is 1. The summed E-state index contributed by atoms with van der Waals surface area (Å²) in [5, 5.41) is 6.26. The van der Waals surface area contributed by atoms with Gasteiger partial charge >= 0.3 is 0 Å². The molecule has 0 amide bonds. The van der Waals surface area contributed by atoms with Gasteiger partial charge in [-0.1, -0.05) is 11.6 Å². The number of nitrogens with two attached hydrogens (primary N) is 1. The molecule has 0 saturated carbocycles. The number of fused-ring (bicyclic) bond motifs is 1. The average Bonchev–Trinajstić information content (AvgIpc) is 2.29. The highest BCUT2D eigenvalue weighted by Gasteiger charge is 2.31. The monoisotopic (exact) mass is 287 g/mol. The summed E-state index contributed by atoms with van der Waals surface area (Å²) >= 11 is 6.04. The fraction of sp³-hybridized carbons (Fsp3) is 0.538. The van der Waals surface area contributed by atoms with Crippen LogP contribution in [0.2, 0.25) is 5.02 Å². The largest absolute Gasteiger partial charge is 0.493 e. The molecule has 5 heteroatoms. The summed E-state index contributed by atoms with van der Waals surface area (Å²) in [5.41, 5.74) is 1.10. The van der Waals surface area contributed by atoms with E-state index in [2.05, 4.69) is 0 Å². The molecule has 0 fully saturated rings. The van der Waals surface area contributed by atoms with Crippen molar-refractivity contribution in [1.82, 2.24) is 0 Å². The fourth-order valence-corrected chi connectivity index (χ4v) is 2.87. The highest BCUT2D eigenvalue weighted by Crippen LogP contribution is 2.40. The number of benzene rings is 1. The number of hydrogen-bond donors (Lipinski definition) is 1. The second-order valence-corrected chi connectivity index (χ2v) is 7.41. The molecule has 1 heterocycles. The van der Waals surface area contributed by atoms with Crippen LogP contribution in [0, 0.1) is 0 Å². The summed E-state index contributed by atoms with van der Waals surface area (Å²) < 4.78 is 16.8. The van der Waals surface area contributed by atoms with Crippen LogP contribution in [-0.2, 0) is 11.0 Å². The molecule has 3 nitrogen and oxygen atoms in total. The zero-order valence-corrected chi connectivity index (χ0v) is 12.2. The van der Waals surface area contributed by atoms with Gasteiger partial charge < -0.3 is 4.74 Å². The van der Waals surface area contributed by atoms with Crippen LogP contribution in [0.5, 0.6) is 5.75 Å². The predicted molar refractivity (Wildman–Crippen MR) is 75.3 cm³/mol. The molecule has 0 bridgehead atoms. The highest BCUT2D eigenvalue weighted by molar-refractivity contribution is 7.84. The van der Waals surface area contributed by atoms with Crippen LogP contribution in [0.25, 0.3) is 0 Å². The van der Waals surface area contributed by atoms with Crippen LogP contribution in [0.15, 0.2) is 18.2 Å². The first-order chi connectivity index (χ1) is 8.40. The number of rotatable bonds is 3. The van der Waals surface area contributed by atoms with Crippen molar-refractivity contribution in [1.29, 1.82) is 0 Å². The maximum Gasteiger partial charge on any atom is 0.122 e. The highest BCUT2D eigenvalue weighted by atomic mass is 35.5. The lowest BCUT2D eigenvalue weighted by Gasteiger charge is -2.31. The molecule has 1 aromatic rings. The molecule has 2 atom stereocenters. The summed E-state index contributed by atoms with van der Waals surface area (Å²) in [6.07, 6.45) is 1.68. The summed E-state index contributed by atoms with van der Waals surface area (Å²) in [7, 11) is -1.33. The molecule has 1 aromatic carbocycles. The average molecular weight is 288 g/mol. The van der Waals surface area contributed by atoms with Gasteiger partial charge in [0.2, 0.25) is 0 Å².